The predicted octanol–water partition coefficient (Wildman–Crippen LogP) is 7.49. The second kappa shape index (κ2) is 18.0. The predicted molar refractivity (Wildman–Crippen MR) is 148 cm³/mol. The van der Waals surface area contributed by atoms with E-state index in [1.165, 1.54) is 72.0 Å². The molecule has 0 fully saturated rings. The molecule has 37 heavy (non-hydrogen) atoms. The van der Waals surface area contributed by atoms with Gasteiger partial charge in [-0.25, -0.2) is 9.36 Å². The van der Waals surface area contributed by atoms with Crippen molar-refractivity contribution in [2.24, 2.45) is 0 Å². The molecule has 1 aromatic rings. The Bertz CT molecular complexity index is 804. The van der Waals surface area contributed by atoms with E-state index >= 15 is 0 Å². The number of carbonyl (C=O) groups excluding carboxylic acids is 1. The molecule has 214 valence electrons. The van der Waals surface area contributed by atoms with E-state index < -0.39 is 31.7 Å². The maximum Gasteiger partial charge on any atom is 0.474 e. The van der Waals surface area contributed by atoms with E-state index in [-0.39, 0.29) is 6.61 Å². The zero-order valence-electron chi connectivity index (χ0n) is 23.8. The summed E-state index contributed by atoms with van der Waals surface area (Å²) < 4.78 is 32.6. The lowest BCUT2D eigenvalue weighted by atomic mass is 9.98. The highest BCUT2D eigenvalue weighted by atomic mass is 31.2. The third kappa shape index (κ3) is 14.9. The Balaban J connectivity index is 2.69. The van der Waals surface area contributed by atoms with Crippen molar-refractivity contribution in [2.45, 2.75) is 116 Å². The summed E-state index contributed by atoms with van der Waals surface area (Å²) in [6, 6.07) is 6.73. The molecule has 0 bridgehead atoms. The number of aryl methyl sites for hydroxylation is 1. The van der Waals surface area contributed by atoms with Crippen molar-refractivity contribution in [1.29, 1.82) is 0 Å². The van der Waals surface area contributed by atoms with Gasteiger partial charge < -0.3 is 15.2 Å². The number of hydrogen-bond acceptors (Lipinski definition) is 7. The second-order valence-corrected chi connectivity index (χ2v) is 12.4. The first-order valence-corrected chi connectivity index (χ1v) is 15.1. The number of nitrogens with one attached hydrogen (secondary N) is 1. The zero-order chi connectivity index (χ0) is 27.7. The zero-order valence-corrected chi connectivity index (χ0v) is 24.7. The average molecular weight is 544 g/mol. The van der Waals surface area contributed by atoms with Gasteiger partial charge in [0.15, 0.2) is 0 Å². The van der Waals surface area contributed by atoms with Crippen LogP contribution >= 0.6 is 7.82 Å². The van der Waals surface area contributed by atoms with Crippen LogP contribution in [0, 0.1) is 0 Å². The molecule has 2 atom stereocenters. The minimum absolute atomic E-state index is 0.304. The van der Waals surface area contributed by atoms with Crippen LogP contribution in [0.1, 0.15) is 109 Å². The topological polar surface area (TPSA) is 103 Å². The third-order valence-corrected chi connectivity index (χ3v) is 7.41. The van der Waals surface area contributed by atoms with Gasteiger partial charge in [0.25, 0.3) is 0 Å². The lowest BCUT2D eigenvalue weighted by Crippen LogP contribution is -2.44. The summed E-state index contributed by atoms with van der Waals surface area (Å²) in [5.41, 5.74) is 1.02. The average Bonchev–Trinajstić information content (AvgIpc) is 2.86. The van der Waals surface area contributed by atoms with E-state index in [4.69, 9.17) is 18.3 Å². The quantitative estimate of drug-likeness (QED) is 0.138. The number of amides is 1. The lowest BCUT2D eigenvalue weighted by molar-refractivity contribution is 0.0329. The summed E-state index contributed by atoms with van der Waals surface area (Å²) in [4.78, 5) is 12.4. The molecule has 0 aliphatic heterocycles. The molecule has 0 spiro atoms. The number of phosphoric ester groups is 1. The minimum atomic E-state index is -3.80. The van der Waals surface area contributed by atoms with Crippen LogP contribution in [0.15, 0.2) is 24.3 Å². The Morgan fingerprint density at radius 2 is 1.54 bits per heavy atom. The van der Waals surface area contributed by atoms with Gasteiger partial charge in [0.1, 0.15) is 11.7 Å². The number of ether oxygens (including phenoxy) is 1. The molecule has 0 radical (unpaired) electrons. The number of alkyl carbamates (subject to hydrolysis) is 1. The highest BCUT2D eigenvalue weighted by Gasteiger charge is 2.31. The van der Waals surface area contributed by atoms with Gasteiger partial charge in [-0.15, -0.1) is 0 Å². The molecule has 2 N–H and O–H groups in total. The summed E-state index contributed by atoms with van der Waals surface area (Å²) >= 11 is 0. The van der Waals surface area contributed by atoms with Crippen molar-refractivity contribution in [3.63, 3.8) is 0 Å². The lowest BCUT2D eigenvalue weighted by Gasteiger charge is -2.27. The second-order valence-electron chi connectivity index (χ2n) is 10.5. The Kier molecular flexibility index (Phi) is 16.3. The molecule has 8 nitrogen and oxygen atoms in total. The molecule has 0 saturated carbocycles. The number of unbranched alkanes of at least 4 members (excludes halogenated alkanes) is 9. The largest absolute Gasteiger partial charge is 0.474 e. The maximum absolute atomic E-state index is 12.4. The maximum atomic E-state index is 12.4. The van der Waals surface area contributed by atoms with Gasteiger partial charge in [-0.2, -0.15) is 0 Å². The summed E-state index contributed by atoms with van der Waals surface area (Å²) in [7, 11) is -1.39. The summed E-state index contributed by atoms with van der Waals surface area (Å²) in [6.07, 6.45) is 11.9. The Labute approximate surface area is 224 Å². The smallest absolute Gasteiger partial charge is 0.444 e. The van der Waals surface area contributed by atoms with Crippen LogP contribution in [0.2, 0.25) is 0 Å². The molecule has 0 saturated heterocycles. The van der Waals surface area contributed by atoms with Crippen molar-refractivity contribution in [3.05, 3.63) is 35.4 Å². The van der Waals surface area contributed by atoms with E-state index in [2.05, 4.69) is 12.2 Å². The van der Waals surface area contributed by atoms with Gasteiger partial charge in [-0.05, 0) is 44.7 Å². The summed E-state index contributed by atoms with van der Waals surface area (Å²) in [6.45, 7) is 7.18. The molecular formula is C28H50NO7P. The Morgan fingerprint density at radius 1 is 0.973 bits per heavy atom. The first kappa shape index (κ1) is 33.6. The molecule has 0 unspecified atom stereocenters. The molecule has 0 aliphatic rings. The molecule has 0 heterocycles. The van der Waals surface area contributed by atoms with Crippen LogP contribution in [0.3, 0.4) is 0 Å². The van der Waals surface area contributed by atoms with E-state index in [9.17, 15) is 14.5 Å². The number of benzene rings is 1. The third-order valence-electron chi connectivity index (χ3n) is 6.05. The van der Waals surface area contributed by atoms with Crippen LogP contribution in [-0.4, -0.2) is 43.7 Å². The highest BCUT2D eigenvalue weighted by molar-refractivity contribution is 7.48. The number of aliphatic hydroxyl groups is 1. The van der Waals surface area contributed by atoms with E-state index in [0.717, 1.165) is 18.4 Å². The normalized spacial score (nSPS) is 13.8. The summed E-state index contributed by atoms with van der Waals surface area (Å²) in [5.74, 6) is 0. The van der Waals surface area contributed by atoms with Crippen molar-refractivity contribution >= 4 is 13.9 Å². The molecule has 1 amide bonds. The van der Waals surface area contributed by atoms with Gasteiger partial charge in [0, 0.05) is 14.2 Å². The molecule has 0 aliphatic carbocycles. The SMILES string of the molecule is CCCCCCCCCCCCc1cccc([C@@H](O)[C@H](COP(=O)(OC)OC)NC(=O)OC(C)(C)C)c1. The van der Waals surface area contributed by atoms with Gasteiger partial charge in [0.05, 0.1) is 12.6 Å². The standard InChI is InChI=1S/C28H50NO7P/c1-7-8-9-10-11-12-13-14-15-16-18-23-19-17-20-24(21-23)26(30)25(22-35-37(32,33-5)34-6)29-27(31)36-28(2,3)4/h17,19-21,25-26,30H,7-16,18,22H2,1-6H3,(H,29,31)/t25-,26+/m0/s1. The monoisotopic (exact) mass is 543 g/mol. The van der Waals surface area contributed by atoms with Crippen molar-refractivity contribution in [3.8, 4) is 0 Å². The number of rotatable bonds is 19. The van der Waals surface area contributed by atoms with Gasteiger partial charge in [-0.3, -0.25) is 13.6 Å². The van der Waals surface area contributed by atoms with E-state index in [1.807, 2.05) is 18.2 Å². The van der Waals surface area contributed by atoms with Crippen LogP contribution in [-0.2, 0) is 29.3 Å². The van der Waals surface area contributed by atoms with E-state index in [0.29, 0.717) is 5.56 Å². The Morgan fingerprint density at radius 3 is 2.08 bits per heavy atom. The fraction of sp³-hybridized carbons (Fsp3) is 0.750. The van der Waals surface area contributed by atoms with Gasteiger partial charge >= 0.3 is 13.9 Å². The Hall–Kier alpha value is -1.44. The van der Waals surface area contributed by atoms with Crippen molar-refractivity contribution in [2.75, 3.05) is 20.8 Å². The number of carbonyl (C=O) groups is 1. The van der Waals surface area contributed by atoms with Crippen molar-refractivity contribution in [1.82, 2.24) is 5.32 Å². The van der Waals surface area contributed by atoms with Crippen LogP contribution in [0.4, 0.5) is 4.79 Å². The molecular weight excluding hydrogens is 493 g/mol. The molecule has 1 aromatic carbocycles. The van der Waals surface area contributed by atoms with Gasteiger partial charge in [0.2, 0.25) is 0 Å². The highest BCUT2D eigenvalue weighted by Crippen LogP contribution is 2.47. The minimum Gasteiger partial charge on any atom is -0.444 e. The number of aliphatic hydroxyl groups excluding tert-OH is 1. The van der Waals surface area contributed by atoms with Crippen LogP contribution < -0.4 is 5.32 Å². The molecule has 0 aromatic heterocycles. The van der Waals surface area contributed by atoms with E-state index in [1.54, 1.807) is 26.8 Å². The molecule has 9 heteroatoms. The summed E-state index contributed by atoms with van der Waals surface area (Å²) in [5, 5.41) is 13.8. The number of hydrogen-bond donors (Lipinski definition) is 2. The first-order chi connectivity index (χ1) is 17.5. The fourth-order valence-electron chi connectivity index (χ4n) is 4.00. The number of phosphoric acid groups is 1. The van der Waals surface area contributed by atoms with Crippen LogP contribution in [0.25, 0.3) is 0 Å². The molecule has 1 rings (SSSR count). The first-order valence-electron chi connectivity index (χ1n) is 13.7. The fourth-order valence-corrected chi connectivity index (χ4v) is 4.71. The van der Waals surface area contributed by atoms with Crippen LogP contribution in [0.5, 0.6) is 0 Å². The van der Waals surface area contributed by atoms with Crippen molar-refractivity contribution < 1.29 is 32.8 Å². The van der Waals surface area contributed by atoms with Gasteiger partial charge in [-0.1, -0.05) is 89.0 Å².